The van der Waals surface area contributed by atoms with Crippen LogP contribution in [0.25, 0.3) is 0 Å². The molecule has 0 atom stereocenters. The van der Waals surface area contributed by atoms with Gasteiger partial charge in [-0.2, -0.15) is 0 Å². The summed E-state index contributed by atoms with van der Waals surface area (Å²) in [5.41, 5.74) is 0. The van der Waals surface area contributed by atoms with Crippen molar-refractivity contribution in [1.82, 2.24) is 0 Å². The van der Waals surface area contributed by atoms with Gasteiger partial charge in [0.15, 0.2) is 0 Å². The molecule has 2 nitrogen and oxygen atoms in total. The highest BCUT2D eigenvalue weighted by molar-refractivity contribution is 6.17. The largest absolute Gasteiger partial charge is 0.354 e. The van der Waals surface area contributed by atoms with E-state index in [4.69, 9.17) is 27.5 Å². The molecule has 0 rings (SSSR count). The van der Waals surface area contributed by atoms with E-state index in [1.807, 2.05) is 0 Å². The molecular weight excluding hydrogens is 140 g/mol. The highest BCUT2D eigenvalue weighted by Gasteiger charge is 1.82. The Morgan fingerprint density at radius 1 is 1.44 bits per heavy atom. The molecule has 0 aliphatic heterocycles. The highest BCUT2D eigenvalue weighted by atomic mass is 35.5. The van der Waals surface area contributed by atoms with E-state index in [0.29, 0.717) is 19.1 Å². The maximum absolute atomic E-state index is 5.29. The van der Waals surface area contributed by atoms with Crippen LogP contribution < -0.4 is 0 Å². The second kappa shape index (κ2) is 7.77. The van der Waals surface area contributed by atoms with Gasteiger partial charge in [0.05, 0.1) is 6.61 Å². The molecule has 9 heavy (non-hydrogen) atoms. The summed E-state index contributed by atoms with van der Waals surface area (Å²) < 4.78 is 9.60. The summed E-state index contributed by atoms with van der Waals surface area (Å²) in [5, 5.41) is 0. The third kappa shape index (κ3) is 7.77. The van der Waals surface area contributed by atoms with Crippen LogP contribution in [0.15, 0.2) is 0 Å². The molecule has 0 spiro atoms. The Hall–Kier alpha value is -0.230. The standard InChI is InChI=1S/C6H9ClO2/c1-2-4-8-6-9-5-3-7/h1H,3-6H2. The molecule has 0 aliphatic rings. The third-order valence-corrected chi connectivity index (χ3v) is 0.728. The fourth-order valence-corrected chi connectivity index (χ4v) is 0.382. The zero-order valence-corrected chi connectivity index (χ0v) is 5.86. The molecule has 52 valence electrons. The molecule has 0 aromatic rings. The van der Waals surface area contributed by atoms with E-state index in [2.05, 4.69) is 5.92 Å². The maximum Gasteiger partial charge on any atom is 0.148 e. The van der Waals surface area contributed by atoms with E-state index in [1.54, 1.807) is 0 Å². The molecular formula is C6H9ClO2. The van der Waals surface area contributed by atoms with Crippen LogP contribution in [0.1, 0.15) is 0 Å². The predicted octanol–water partition coefficient (Wildman–Crippen LogP) is 0.849. The van der Waals surface area contributed by atoms with E-state index in [0.717, 1.165) is 0 Å². The number of hydrogen-bond acceptors (Lipinski definition) is 2. The Labute approximate surface area is 60.1 Å². The van der Waals surface area contributed by atoms with Crippen molar-refractivity contribution in [3.8, 4) is 12.3 Å². The molecule has 0 unspecified atom stereocenters. The second-order valence-electron chi connectivity index (χ2n) is 1.27. The second-order valence-corrected chi connectivity index (χ2v) is 1.65. The van der Waals surface area contributed by atoms with Crippen LogP contribution in [0.3, 0.4) is 0 Å². The Bertz CT molecular complexity index is 87.5. The van der Waals surface area contributed by atoms with Crippen LogP contribution >= 0.6 is 11.6 Å². The molecule has 0 saturated carbocycles. The number of rotatable bonds is 5. The molecule has 0 bridgehead atoms. The topological polar surface area (TPSA) is 18.5 Å². The molecule has 0 heterocycles. The van der Waals surface area contributed by atoms with Crippen molar-refractivity contribution in [3.05, 3.63) is 0 Å². The van der Waals surface area contributed by atoms with Gasteiger partial charge < -0.3 is 9.47 Å². The number of ether oxygens (including phenoxy) is 2. The van der Waals surface area contributed by atoms with Crippen LogP contribution in [-0.4, -0.2) is 25.9 Å². The lowest BCUT2D eigenvalue weighted by molar-refractivity contribution is -0.0364. The first-order chi connectivity index (χ1) is 4.41. The van der Waals surface area contributed by atoms with Gasteiger partial charge in [-0.3, -0.25) is 0 Å². The first-order valence-electron chi connectivity index (χ1n) is 2.56. The van der Waals surface area contributed by atoms with Gasteiger partial charge in [-0.15, -0.1) is 18.0 Å². The quantitative estimate of drug-likeness (QED) is 0.249. The van der Waals surface area contributed by atoms with Crippen molar-refractivity contribution in [2.75, 3.05) is 25.9 Å². The average molecular weight is 149 g/mol. The normalized spacial score (nSPS) is 8.89. The molecule has 0 aliphatic carbocycles. The van der Waals surface area contributed by atoms with Crippen LogP contribution in [-0.2, 0) is 9.47 Å². The summed E-state index contributed by atoms with van der Waals surface area (Å²) in [7, 11) is 0. The minimum atomic E-state index is 0.233. The number of hydrogen-bond donors (Lipinski definition) is 0. The van der Waals surface area contributed by atoms with Crippen LogP contribution in [0.5, 0.6) is 0 Å². The van der Waals surface area contributed by atoms with Gasteiger partial charge in [-0.1, -0.05) is 5.92 Å². The summed E-state index contributed by atoms with van der Waals surface area (Å²) in [5.74, 6) is 2.79. The molecule has 0 amide bonds. The minimum Gasteiger partial charge on any atom is -0.354 e. The first-order valence-corrected chi connectivity index (χ1v) is 3.10. The van der Waals surface area contributed by atoms with Crippen molar-refractivity contribution < 1.29 is 9.47 Å². The Balaban J connectivity index is 2.69. The van der Waals surface area contributed by atoms with Crippen molar-refractivity contribution >= 4 is 11.6 Å². The predicted molar refractivity (Wildman–Crippen MR) is 36.3 cm³/mol. The lowest BCUT2D eigenvalue weighted by Gasteiger charge is -1.98. The molecule has 0 radical (unpaired) electrons. The van der Waals surface area contributed by atoms with Crippen molar-refractivity contribution in [2.24, 2.45) is 0 Å². The van der Waals surface area contributed by atoms with Crippen molar-refractivity contribution in [2.45, 2.75) is 0 Å². The summed E-state index contributed by atoms with van der Waals surface area (Å²) in [4.78, 5) is 0. The number of halogens is 1. The zero-order valence-electron chi connectivity index (χ0n) is 5.10. The minimum absolute atomic E-state index is 0.233. The van der Waals surface area contributed by atoms with Crippen LogP contribution in [0.4, 0.5) is 0 Å². The summed E-state index contributed by atoms with van der Waals surface area (Å²) >= 11 is 5.29. The molecule has 0 saturated heterocycles. The lowest BCUT2D eigenvalue weighted by atomic mass is 10.8. The van der Waals surface area contributed by atoms with Crippen molar-refractivity contribution in [1.29, 1.82) is 0 Å². The fourth-order valence-electron chi connectivity index (χ4n) is 0.273. The molecule has 0 N–H and O–H groups in total. The number of terminal acetylenes is 1. The van der Waals surface area contributed by atoms with Gasteiger partial charge in [0.2, 0.25) is 0 Å². The lowest BCUT2D eigenvalue weighted by Crippen LogP contribution is -2.01. The van der Waals surface area contributed by atoms with Gasteiger partial charge in [-0.05, 0) is 0 Å². The zero-order chi connectivity index (χ0) is 6.95. The fraction of sp³-hybridized carbons (Fsp3) is 0.667. The number of alkyl halides is 1. The molecule has 0 aromatic carbocycles. The monoisotopic (exact) mass is 148 g/mol. The van der Waals surface area contributed by atoms with Gasteiger partial charge >= 0.3 is 0 Å². The average Bonchev–Trinajstić information content (AvgIpc) is 1.89. The van der Waals surface area contributed by atoms with Crippen molar-refractivity contribution in [3.63, 3.8) is 0 Å². The first kappa shape index (κ1) is 8.77. The van der Waals surface area contributed by atoms with Gasteiger partial charge in [0.1, 0.15) is 13.4 Å². The molecule has 0 aromatic heterocycles. The third-order valence-electron chi connectivity index (χ3n) is 0.574. The van der Waals surface area contributed by atoms with E-state index in [9.17, 15) is 0 Å². The Morgan fingerprint density at radius 2 is 2.22 bits per heavy atom. The van der Waals surface area contributed by atoms with E-state index >= 15 is 0 Å². The summed E-state index contributed by atoms with van der Waals surface area (Å²) in [6, 6.07) is 0. The summed E-state index contributed by atoms with van der Waals surface area (Å²) in [6.07, 6.45) is 4.89. The van der Waals surface area contributed by atoms with Crippen LogP contribution in [0, 0.1) is 12.3 Å². The highest BCUT2D eigenvalue weighted by Crippen LogP contribution is 1.79. The van der Waals surface area contributed by atoms with E-state index in [1.165, 1.54) is 0 Å². The van der Waals surface area contributed by atoms with Gasteiger partial charge in [0, 0.05) is 5.88 Å². The SMILES string of the molecule is C#CCOCOCCCl. The molecule has 0 fully saturated rings. The van der Waals surface area contributed by atoms with Gasteiger partial charge in [0.25, 0.3) is 0 Å². The Kier molecular flexibility index (Phi) is 7.57. The summed E-state index contributed by atoms with van der Waals surface area (Å²) in [6.45, 7) is 1.03. The van der Waals surface area contributed by atoms with E-state index in [-0.39, 0.29) is 6.79 Å². The molecule has 3 heteroatoms. The van der Waals surface area contributed by atoms with E-state index < -0.39 is 0 Å². The van der Waals surface area contributed by atoms with Gasteiger partial charge in [-0.25, -0.2) is 0 Å². The van der Waals surface area contributed by atoms with Crippen LogP contribution in [0.2, 0.25) is 0 Å². The Morgan fingerprint density at radius 3 is 2.78 bits per heavy atom. The smallest absolute Gasteiger partial charge is 0.148 e. The maximum atomic E-state index is 5.29.